The molecule has 0 radical (unpaired) electrons. The van der Waals surface area contributed by atoms with Crippen LogP contribution in [0.5, 0.6) is 5.75 Å². The monoisotopic (exact) mass is 208 g/mol. The van der Waals surface area contributed by atoms with Crippen LogP contribution in [0.1, 0.15) is 18.9 Å². The van der Waals surface area contributed by atoms with Crippen molar-refractivity contribution in [1.29, 1.82) is 0 Å². The molecule has 1 rings (SSSR count). The van der Waals surface area contributed by atoms with Crippen LogP contribution in [0, 0.1) is 0 Å². The Hall–Kier alpha value is -1.22. The first-order valence-electron chi connectivity index (χ1n) is 5.42. The van der Waals surface area contributed by atoms with Gasteiger partial charge >= 0.3 is 0 Å². The summed E-state index contributed by atoms with van der Waals surface area (Å²) >= 11 is 0. The van der Waals surface area contributed by atoms with Crippen molar-refractivity contribution in [3.8, 4) is 5.75 Å². The molecule has 0 aliphatic rings. The molecule has 0 aromatic heterocycles. The lowest BCUT2D eigenvalue weighted by Gasteiger charge is -2.12. The van der Waals surface area contributed by atoms with E-state index in [0.717, 1.165) is 30.8 Å². The lowest BCUT2D eigenvalue weighted by atomic mass is 10.1. The zero-order chi connectivity index (χ0) is 11.1. The van der Waals surface area contributed by atoms with E-state index in [1.165, 1.54) is 5.56 Å². The molecule has 0 amide bonds. The number of hydrogen-bond acceptors (Lipinski definition) is 3. The molecule has 1 aromatic carbocycles. The highest BCUT2D eigenvalue weighted by Crippen LogP contribution is 2.25. The van der Waals surface area contributed by atoms with Gasteiger partial charge in [-0.2, -0.15) is 0 Å². The quantitative estimate of drug-likeness (QED) is 0.703. The van der Waals surface area contributed by atoms with E-state index in [-0.39, 0.29) is 0 Å². The van der Waals surface area contributed by atoms with Gasteiger partial charge < -0.3 is 15.8 Å². The summed E-state index contributed by atoms with van der Waals surface area (Å²) in [4.78, 5) is 0. The van der Waals surface area contributed by atoms with Gasteiger partial charge in [0.15, 0.2) is 0 Å². The smallest absolute Gasteiger partial charge is 0.141 e. The standard InChI is InChI=1S/C12H20N2O/c1-3-10-5-6-12(15-2)11(9-10)14-8-4-7-13/h5-6,9,14H,3-4,7-8,13H2,1-2H3. The minimum Gasteiger partial charge on any atom is -0.495 e. The SMILES string of the molecule is CCc1ccc(OC)c(NCCCN)c1. The van der Waals surface area contributed by atoms with Gasteiger partial charge in [0.2, 0.25) is 0 Å². The van der Waals surface area contributed by atoms with Gasteiger partial charge in [0, 0.05) is 6.54 Å². The van der Waals surface area contributed by atoms with Crippen LogP contribution in [-0.4, -0.2) is 20.2 Å². The molecular formula is C12H20N2O. The van der Waals surface area contributed by atoms with Crippen LogP contribution >= 0.6 is 0 Å². The van der Waals surface area contributed by atoms with Gasteiger partial charge in [-0.15, -0.1) is 0 Å². The highest BCUT2D eigenvalue weighted by Gasteiger charge is 2.02. The van der Waals surface area contributed by atoms with Crippen molar-refractivity contribution in [2.24, 2.45) is 5.73 Å². The number of hydrogen-bond donors (Lipinski definition) is 2. The second-order valence-electron chi connectivity index (χ2n) is 3.46. The molecule has 1 aromatic rings. The van der Waals surface area contributed by atoms with Crippen molar-refractivity contribution in [2.75, 3.05) is 25.5 Å². The van der Waals surface area contributed by atoms with Crippen molar-refractivity contribution in [3.63, 3.8) is 0 Å². The van der Waals surface area contributed by atoms with Crippen molar-refractivity contribution in [3.05, 3.63) is 23.8 Å². The Labute approximate surface area is 91.6 Å². The second-order valence-corrected chi connectivity index (χ2v) is 3.46. The molecule has 0 heterocycles. The maximum atomic E-state index is 5.45. The molecule has 15 heavy (non-hydrogen) atoms. The van der Waals surface area contributed by atoms with Gasteiger partial charge in [-0.05, 0) is 37.1 Å². The molecule has 0 aliphatic heterocycles. The van der Waals surface area contributed by atoms with E-state index in [1.54, 1.807) is 7.11 Å². The minimum atomic E-state index is 0.711. The number of benzene rings is 1. The second kappa shape index (κ2) is 6.30. The summed E-state index contributed by atoms with van der Waals surface area (Å²) in [6.45, 7) is 3.74. The first kappa shape index (κ1) is 11.9. The van der Waals surface area contributed by atoms with Gasteiger partial charge in [0.1, 0.15) is 5.75 Å². The fraction of sp³-hybridized carbons (Fsp3) is 0.500. The molecule has 84 valence electrons. The van der Waals surface area contributed by atoms with Crippen molar-refractivity contribution in [2.45, 2.75) is 19.8 Å². The summed E-state index contributed by atoms with van der Waals surface area (Å²) in [7, 11) is 1.69. The minimum absolute atomic E-state index is 0.711. The number of anilines is 1. The third-order valence-corrected chi connectivity index (χ3v) is 2.37. The van der Waals surface area contributed by atoms with E-state index >= 15 is 0 Å². The Morgan fingerprint density at radius 1 is 1.40 bits per heavy atom. The highest BCUT2D eigenvalue weighted by molar-refractivity contribution is 5.58. The predicted molar refractivity (Wildman–Crippen MR) is 64.5 cm³/mol. The van der Waals surface area contributed by atoms with E-state index < -0.39 is 0 Å². The number of rotatable bonds is 6. The summed E-state index contributed by atoms with van der Waals surface area (Å²) in [6.07, 6.45) is 2.01. The maximum absolute atomic E-state index is 5.45. The molecule has 3 heteroatoms. The molecule has 0 saturated heterocycles. The number of ether oxygens (including phenoxy) is 1. The summed E-state index contributed by atoms with van der Waals surface area (Å²) in [5, 5.41) is 3.33. The molecular weight excluding hydrogens is 188 g/mol. The van der Waals surface area contributed by atoms with Crippen LogP contribution in [0.4, 0.5) is 5.69 Å². The van der Waals surface area contributed by atoms with Crippen molar-refractivity contribution < 1.29 is 4.74 Å². The molecule has 0 atom stereocenters. The lowest BCUT2D eigenvalue weighted by molar-refractivity contribution is 0.416. The first-order valence-corrected chi connectivity index (χ1v) is 5.42. The Bertz CT molecular complexity index is 300. The molecule has 0 aliphatic carbocycles. The Morgan fingerprint density at radius 2 is 2.20 bits per heavy atom. The van der Waals surface area contributed by atoms with Crippen LogP contribution in [0.3, 0.4) is 0 Å². The van der Waals surface area contributed by atoms with Crippen LogP contribution in [-0.2, 0) is 6.42 Å². The fourth-order valence-corrected chi connectivity index (χ4v) is 1.44. The lowest BCUT2D eigenvalue weighted by Crippen LogP contribution is -2.09. The number of aryl methyl sites for hydroxylation is 1. The zero-order valence-electron chi connectivity index (χ0n) is 9.55. The van der Waals surface area contributed by atoms with Gasteiger partial charge in [-0.1, -0.05) is 13.0 Å². The topological polar surface area (TPSA) is 47.3 Å². The molecule has 0 unspecified atom stereocenters. The normalized spacial score (nSPS) is 10.1. The fourth-order valence-electron chi connectivity index (χ4n) is 1.44. The maximum Gasteiger partial charge on any atom is 0.141 e. The van der Waals surface area contributed by atoms with Crippen LogP contribution < -0.4 is 15.8 Å². The molecule has 0 bridgehead atoms. The molecule has 0 saturated carbocycles. The first-order chi connectivity index (χ1) is 7.31. The third kappa shape index (κ3) is 3.44. The summed E-state index contributed by atoms with van der Waals surface area (Å²) in [5.41, 5.74) is 7.82. The summed E-state index contributed by atoms with van der Waals surface area (Å²) in [5.74, 6) is 0.893. The summed E-state index contributed by atoms with van der Waals surface area (Å²) < 4.78 is 5.28. The van der Waals surface area contributed by atoms with Crippen LogP contribution in [0.25, 0.3) is 0 Å². The van der Waals surface area contributed by atoms with E-state index in [4.69, 9.17) is 10.5 Å². The summed E-state index contributed by atoms with van der Waals surface area (Å²) in [6, 6.07) is 6.23. The Morgan fingerprint density at radius 3 is 2.80 bits per heavy atom. The van der Waals surface area contributed by atoms with Gasteiger partial charge in [0.25, 0.3) is 0 Å². The molecule has 0 spiro atoms. The van der Waals surface area contributed by atoms with Crippen molar-refractivity contribution >= 4 is 5.69 Å². The van der Waals surface area contributed by atoms with Gasteiger partial charge in [-0.3, -0.25) is 0 Å². The molecule has 3 nitrogen and oxygen atoms in total. The van der Waals surface area contributed by atoms with E-state index in [9.17, 15) is 0 Å². The zero-order valence-corrected chi connectivity index (χ0v) is 9.55. The number of nitrogens with one attached hydrogen (secondary N) is 1. The highest BCUT2D eigenvalue weighted by atomic mass is 16.5. The third-order valence-electron chi connectivity index (χ3n) is 2.37. The van der Waals surface area contributed by atoms with E-state index in [2.05, 4.69) is 24.4 Å². The molecule has 3 N–H and O–H groups in total. The van der Waals surface area contributed by atoms with Crippen LogP contribution in [0.15, 0.2) is 18.2 Å². The number of methoxy groups -OCH3 is 1. The average molecular weight is 208 g/mol. The van der Waals surface area contributed by atoms with E-state index in [1.807, 2.05) is 6.07 Å². The predicted octanol–water partition coefficient (Wildman–Crippen LogP) is 2.02. The average Bonchev–Trinajstić information content (AvgIpc) is 2.29. The van der Waals surface area contributed by atoms with Crippen molar-refractivity contribution in [1.82, 2.24) is 0 Å². The Balaban J connectivity index is 2.72. The largest absolute Gasteiger partial charge is 0.495 e. The van der Waals surface area contributed by atoms with Gasteiger partial charge in [0.05, 0.1) is 12.8 Å². The molecule has 0 fully saturated rings. The Kier molecular flexibility index (Phi) is 4.98. The number of nitrogens with two attached hydrogens (primary N) is 1. The van der Waals surface area contributed by atoms with E-state index in [0.29, 0.717) is 6.54 Å². The van der Waals surface area contributed by atoms with Gasteiger partial charge in [-0.25, -0.2) is 0 Å². The van der Waals surface area contributed by atoms with Crippen LogP contribution in [0.2, 0.25) is 0 Å².